The fourth-order valence-electron chi connectivity index (χ4n) is 4.54. The van der Waals surface area contributed by atoms with Crippen LogP contribution in [0.4, 0.5) is 4.39 Å². The van der Waals surface area contributed by atoms with Crippen LogP contribution in [0.25, 0.3) is 11.1 Å². The van der Waals surface area contributed by atoms with Gasteiger partial charge in [-0.25, -0.2) is 4.39 Å². The second-order valence-electron chi connectivity index (χ2n) is 8.74. The Morgan fingerprint density at radius 1 is 0.935 bits per heavy atom. The molecule has 1 heterocycles. The molecule has 0 saturated heterocycles. The summed E-state index contributed by atoms with van der Waals surface area (Å²) in [7, 11) is 0. The van der Waals surface area contributed by atoms with E-state index in [0.29, 0.717) is 5.56 Å². The van der Waals surface area contributed by atoms with E-state index in [1.807, 2.05) is 13.0 Å². The van der Waals surface area contributed by atoms with Crippen molar-refractivity contribution in [3.63, 3.8) is 0 Å². The lowest BCUT2D eigenvalue weighted by atomic mass is 9.97. The van der Waals surface area contributed by atoms with E-state index in [1.165, 1.54) is 63.5 Å². The molecule has 0 radical (unpaired) electrons. The Hall–Kier alpha value is -2.10. The van der Waals surface area contributed by atoms with Crippen molar-refractivity contribution in [2.24, 2.45) is 5.73 Å². The predicted octanol–water partition coefficient (Wildman–Crippen LogP) is 7.57. The lowest BCUT2D eigenvalue weighted by molar-refractivity contribution is 0.1000. The average molecular weight is 429 g/mol. The van der Waals surface area contributed by atoms with Crippen molar-refractivity contribution >= 4 is 5.91 Å². The molecular weight excluding hydrogens is 387 g/mol. The molecule has 2 aromatic rings. The van der Waals surface area contributed by atoms with E-state index >= 15 is 0 Å². The van der Waals surface area contributed by atoms with Crippen molar-refractivity contribution in [1.82, 2.24) is 4.57 Å². The number of halogens is 1. The molecule has 1 aromatic carbocycles. The summed E-state index contributed by atoms with van der Waals surface area (Å²) in [5, 5.41) is 0. The number of nitrogens with two attached hydrogens (primary N) is 1. The molecule has 3 nitrogen and oxygen atoms in total. The van der Waals surface area contributed by atoms with Gasteiger partial charge in [-0.3, -0.25) is 4.79 Å². The number of hydrogen-bond acceptors (Lipinski definition) is 1. The first-order valence-electron chi connectivity index (χ1n) is 12.3. The van der Waals surface area contributed by atoms with Gasteiger partial charge in [-0.15, -0.1) is 0 Å². The van der Waals surface area contributed by atoms with Gasteiger partial charge >= 0.3 is 0 Å². The van der Waals surface area contributed by atoms with Crippen LogP contribution in [0.3, 0.4) is 0 Å². The van der Waals surface area contributed by atoms with Gasteiger partial charge < -0.3 is 10.3 Å². The Labute approximate surface area is 188 Å². The molecule has 0 unspecified atom stereocenters. The quantitative estimate of drug-likeness (QED) is 0.292. The number of carbonyl (C=O) groups excluding carboxylic acids is 1. The summed E-state index contributed by atoms with van der Waals surface area (Å²) < 4.78 is 16.2. The van der Waals surface area contributed by atoms with E-state index in [9.17, 15) is 9.18 Å². The fourth-order valence-corrected chi connectivity index (χ4v) is 4.54. The minimum atomic E-state index is -0.430. The highest BCUT2D eigenvalue weighted by Crippen LogP contribution is 2.34. The second kappa shape index (κ2) is 13.3. The van der Waals surface area contributed by atoms with Crippen LogP contribution in [-0.2, 0) is 13.0 Å². The van der Waals surface area contributed by atoms with Crippen LogP contribution in [0, 0.1) is 12.7 Å². The molecule has 1 amide bonds. The normalized spacial score (nSPS) is 11.2. The van der Waals surface area contributed by atoms with Gasteiger partial charge in [0.05, 0.1) is 5.56 Å². The van der Waals surface area contributed by atoms with Crippen molar-refractivity contribution in [3.05, 3.63) is 47.0 Å². The summed E-state index contributed by atoms with van der Waals surface area (Å²) in [6, 6.07) is 6.53. The van der Waals surface area contributed by atoms with Gasteiger partial charge in [-0.05, 0) is 43.9 Å². The van der Waals surface area contributed by atoms with Gasteiger partial charge in [0.25, 0.3) is 5.91 Å². The Bertz CT molecular complexity index is 825. The molecule has 0 saturated carbocycles. The first-order valence-corrected chi connectivity index (χ1v) is 12.3. The predicted molar refractivity (Wildman–Crippen MR) is 129 cm³/mol. The number of hydrogen-bond donors (Lipinski definition) is 1. The third-order valence-electron chi connectivity index (χ3n) is 6.24. The topological polar surface area (TPSA) is 48.0 Å². The molecule has 31 heavy (non-hydrogen) atoms. The Balaban J connectivity index is 2.16. The van der Waals surface area contributed by atoms with E-state index in [1.54, 1.807) is 6.07 Å². The summed E-state index contributed by atoms with van der Waals surface area (Å²) in [5.41, 5.74) is 9.96. The standard InChI is InChI=1S/C27H41FN2O/c1-4-6-8-9-10-11-12-13-14-19-30-21(3)25(27(29)31)26(24(30)18-7-5-2)22-16-15-17-23(28)20-22/h15-17,20H,4-14,18-19H2,1-3H3,(H2,29,31). The van der Waals surface area contributed by atoms with Crippen molar-refractivity contribution in [1.29, 1.82) is 0 Å². The van der Waals surface area contributed by atoms with Crippen LogP contribution >= 0.6 is 0 Å². The van der Waals surface area contributed by atoms with Crippen LogP contribution in [-0.4, -0.2) is 10.5 Å². The highest BCUT2D eigenvalue weighted by Gasteiger charge is 2.24. The zero-order valence-electron chi connectivity index (χ0n) is 19.8. The maximum Gasteiger partial charge on any atom is 0.251 e. The zero-order valence-corrected chi connectivity index (χ0v) is 19.8. The van der Waals surface area contributed by atoms with E-state index < -0.39 is 5.91 Å². The van der Waals surface area contributed by atoms with Crippen LogP contribution < -0.4 is 5.73 Å². The van der Waals surface area contributed by atoms with E-state index in [4.69, 9.17) is 5.73 Å². The molecule has 0 fully saturated rings. The van der Waals surface area contributed by atoms with Gasteiger partial charge in [0, 0.05) is 23.5 Å². The molecular formula is C27H41FN2O. The molecule has 0 aliphatic rings. The van der Waals surface area contributed by atoms with Crippen molar-refractivity contribution in [2.45, 2.75) is 104 Å². The molecule has 0 bridgehead atoms. The number of rotatable bonds is 15. The van der Waals surface area contributed by atoms with Crippen LogP contribution in [0.2, 0.25) is 0 Å². The summed E-state index contributed by atoms with van der Waals surface area (Å²) in [6.45, 7) is 7.28. The van der Waals surface area contributed by atoms with Crippen LogP contribution in [0.5, 0.6) is 0 Å². The first-order chi connectivity index (χ1) is 15.0. The molecule has 2 rings (SSSR count). The van der Waals surface area contributed by atoms with E-state index in [0.717, 1.165) is 54.7 Å². The summed E-state index contributed by atoms with van der Waals surface area (Å²) in [4.78, 5) is 12.4. The molecule has 4 heteroatoms. The summed E-state index contributed by atoms with van der Waals surface area (Å²) >= 11 is 0. The Morgan fingerprint density at radius 3 is 2.13 bits per heavy atom. The van der Waals surface area contributed by atoms with Crippen molar-refractivity contribution < 1.29 is 9.18 Å². The highest BCUT2D eigenvalue weighted by atomic mass is 19.1. The lowest BCUT2D eigenvalue weighted by Gasteiger charge is -2.13. The highest BCUT2D eigenvalue weighted by molar-refractivity contribution is 6.02. The molecule has 172 valence electrons. The molecule has 0 spiro atoms. The van der Waals surface area contributed by atoms with Crippen molar-refractivity contribution in [3.8, 4) is 11.1 Å². The Morgan fingerprint density at radius 2 is 1.55 bits per heavy atom. The number of benzene rings is 1. The van der Waals surface area contributed by atoms with Crippen molar-refractivity contribution in [2.75, 3.05) is 0 Å². The second-order valence-corrected chi connectivity index (χ2v) is 8.74. The molecule has 2 N–H and O–H groups in total. The van der Waals surface area contributed by atoms with Gasteiger partial charge in [-0.1, -0.05) is 83.8 Å². The largest absolute Gasteiger partial charge is 0.366 e. The van der Waals surface area contributed by atoms with Gasteiger partial charge in [0.1, 0.15) is 5.82 Å². The number of nitrogens with zero attached hydrogens (tertiary/aromatic N) is 1. The number of unbranched alkanes of at least 4 members (excludes halogenated alkanes) is 9. The average Bonchev–Trinajstić information content (AvgIpc) is 3.02. The minimum Gasteiger partial charge on any atom is -0.366 e. The fraction of sp³-hybridized carbons (Fsp3) is 0.593. The maximum atomic E-state index is 14.0. The third kappa shape index (κ3) is 7.22. The number of aromatic nitrogens is 1. The number of carbonyl (C=O) groups is 1. The van der Waals surface area contributed by atoms with Crippen LogP contribution in [0.15, 0.2) is 24.3 Å². The molecule has 0 aliphatic carbocycles. The minimum absolute atomic E-state index is 0.293. The third-order valence-corrected chi connectivity index (χ3v) is 6.24. The summed E-state index contributed by atoms with van der Waals surface area (Å²) in [6.07, 6.45) is 14.5. The number of amides is 1. The first kappa shape index (κ1) is 25.2. The Kier molecular flexibility index (Phi) is 10.8. The monoisotopic (exact) mass is 428 g/mol. The van der Waals surface area contributed by atoms with Crippen LogP contribution in [0.1, 0.15) is 106 Å². The maximum absolute atomic E-state index is 14.0. The smallest absolute Gasteiger partial charge is 0.251 e. The molecule has 0 aliphatic heterocycles. The lowest BCUT2D eigenvalue weighted by Crippen LogP contribution is -2.13. The zero-order chi connectivity index (χ0) is 22.6. The SMILES string of the molecule is CCCCCCCCCCCn1c(C)c(C(N)=O)c(-c2cccc(F)c2)c1CCCC. The molecule has 1 aromatic heterocycles. The number of primary amides is 1. The molecule has 0 atom stereocenters. The van der Waals surface area contributed by atoms with E-state index in [2.05, 4.69) is 18.4 Å². The summed E-state index contributed by atoms with van der Waals surface area (Å²) in [5.74, 6) is -0.723. The van der Waals surface area contributed by atoms with E-state index in [-0.39, 0.29) is 5.82 Å². The van der Waals surface area contributed by atoms with Gasteiger partial charge in [0.2, 0.25) is 0 Å². The van der Waals surface area contributed by atoms with Gasteiger partial charge in [0.15, 0.2) is 0 Å². The van der Waals surface area contributed by atoms with Gasteiger partial charge in [-0.2, -0.15) is 0 Å².